The first-order valence-corrected chi connectivity index (χ1v) is 12.7. The highest BCUT2D eigenvalue weighted by atomic mass is 16.6. The van der Waals surface area contributed by atoms with Crippen LogP contribution in [0.3, 0.4) is 0 Å². The smallest absolute Gasteiger partial charge is 0.104 e. The molecular formula is C25H36O3. The van der Waals surface area contributed by atoms with E-state index in [1.54, 1.807) is 0 Å². The largest absolute Gasteiger partial charge is 0.377 e. The molecule has 13 unspecified atom stereocenters. The topological polar surface area (TPSA) is 31.0 Å². The zero-order valence-corrected chi connectivity index (χ0v) is 17.4. The fourth-order valence-electron chi connectivity index (χ4n) is 10.5. The van der Waals surface area contributed by atoms with Gasteiger partial charge >= 0.3 is 0 Å². The number of hydrogen-bond donors (Lipinski definition) is 0. The van der Waals surface area contributed by atoms with Gasteiger partial charge in [0.25, 0.3) is 0 Å². The first-order valence-electron chi connectivity index (χ1n) is 12.7. The number of rotatable bonds is 2. The predicted molar refractivity (Wildman–Crippen MR) is 105 cm³/mol. The van der Waals surface area contributed by atoms with E-state index in [-0.39, 0.29) is 0 Å². The molecule has 5 saturated carbocycles. The Hall–Kier alpha value is -0.120. The van der Waals surface area contributed by atoms with Crippen molar-refractivity contribution in [3.05, 3.63) is 0 Å². The lowest BCUT2D eigenvalue weighted by molar-refractivity contribution is -0.253. The van der Waals surface area contributed by atoms with E-state index in [9.17, 15) is 0 Å². The van der Waals surface area contributed by atoms with Crippen LogP contribution in [0.2, 0.25) is 0 Å². The average molecular weight is 385 g/mol. The summed E-state index contributed by atoms with van der Waals surface area (Å²) in [6.45, 7) is 3.51. The molecule has 28 heavy (non-hydrogen) atoms. The lowest BCUT2D eigenvalue weighted by Gasteiger charge is -2.57. The minimum atomic E-state index is 0.305. The van der Waals surface area contributed by atoms with Crippen LogP contribution in [0.4, 0.5) is 0 Å². The van der Waals surface area contributed by atoms with E-state index >= 15 is 0 Å². The Morgan fingerprint density at radius 2 is 1.82 bits per heavy atom. The van der Waals surface area contributed by atoms with E-state index in [0.29, 0.717) is 29.5 Å². The van der Waals surface area contributed by atoms with Gasteiger partial charge in [0.2, 0.25) is 0 Å². The maximum Gasteiger partial charge on any atom is 0.104 e. The Kier molecular flexibility index (Phi) is 3.07. The molecule has 4 bridgehead atoms. The Balaban J connectivity index is 1.07. The number of hydrogen-bond acceptors (Lipinski definition) is 3. The monoisotopic (exact) mass is 384 g/mol. The molecule has 8 fully saturated rings. The Bertz CT molecular complexity index is 708. The molecule has 154 valence electrons. The van der Waals surface area contributed by atoms with Crippen LogP contribution >= 0.6 is 0 Å². The van der Waals surface area contributed by atoms with Crippen LogP contribution in [0.15, 0.2) is 0 Å². The summed E-state index contributed by atoms with van der Waals surface area (Å²) in [6.07, 6.45) is 15.7. The number of epoxide rings is 1. The van der Waals surface area contributed by atoms with Gasteiger partial charge in [-0.2, -0.15) is 0 Å². The van der Waals surface area contributed by atoms with Crippen LogP contribution in [0.1, 0.15) is 71.1 Å². The number of ether oxygens (including phenoxy) is 3. The van der Waals surface area contributed by atoms with Gasteiger partial charge < -0.3 is 14.2 Å². The first kappa shape index (κ1) is 16.6. The van der Waals surface area contributed by atoms with Gasteiger partial charge in [0.1, 0.15) is 5.60 Å². The highest BCUT2D eigenvalue weighted by Gasteiger charge is 2.82. The highest BCUT2D eigenvalue weighted by molar-refractivity contribution is 5.29. The lowest BCUT2D eigenvalue weighted by atomic mass is 9.53. The van der Waals surface area contributed by atoms with Crippen LogP contribution in [-0.4, -0.2) is 36.1 Å². The summed E-state index contributed by atoms with van der Waals surface area (Å²) in [4.78, 5) is 0. The van der Waals surface area contributed by atoms with Crippen LogP contribution in [0, 0.1) is 47.3 Å². The molecule has 0 radical (unpaired) electrons. The summed E-state index contributed by atoms with van der Waals surface area (Å²) in [6, 6.07) is 0. The lowest BCUT2D eigenvalue weighted by Crippen LogP contribution is -2.61. The Labute approximate surface area is 169 Å². The van der Waals surface area contributed by atoms with Gasteiger partial charge in [-0.15, -0.1) is 0 Å². The molecule has 0 spiro atoms. The maximum absolute atomic E-state index is 6.96. The fraction of sp³-hybridized carbons (Fsp3) is 1.00. The van der Waals surface area contributed by atoms with Crippen molar-refractivity contribution in [3.8, 4) is 0 Å². The molecule has 3 aliphatic heterocycles. The van der Waals surface area contributed by atoms with E-state index in [1.165, 1.54) is 64.2 Å². The van der Waals surface area contributed by atoms with E-state index in [1.807, 2.05) is 0 Å². The number of fused-ring (bicyclic) bond motifs is 6. The van der Waals surface area contributed by atoms with Crippen molar-refractivity contribution in [1.82, 2.24) is 0 Å². The standard InChI is InChI=1S/C25H36O3/c1-13-7-17-3-2-6-24(11-13)25(17,28-24)19-10-15-9-18(19)21-22(27-23(15)21)14-4-5-20-16(8-14)12-26-20/h13-23H,2-12H2,1H3. The molecule has 3 heterocycles. The van der Waals surface area contributed by atoms with Gasteiger partial charge in [0.05, 0.1) is 30.5 Å². The molecule has 8 rings (SSSR count). The SMILES string of the molecule is CC1CC2CCCC3(C1)OC23C1CC2CC1C1C(C3CCC4OCC4C3)OC21. The molecule has 0 aromatic carbocycles. The Morgan fingerprint density at radius 3 is 2.64 bits per heavy atom. The maximum atomic E-state index is 6.96. The molecule has 3 heteroatoms. The molecule has 0 aromatic rings. The van der Waals surface area contributed by atoms with Crippen molar-refractivity contribution in [2.24, 2.45) is 47.3 Å². The molecule has 5 aliphatic carbocycles. The molecule has 3 saturated heterocycles. The quantitative estimate of drug-likeness (QED) is 0.653. The summed E-state index contributed by atoms with van der Waals surface area (Å²) in [5.74, 6) is 6.94. The third kappa shape index (κ3) is 1.78. The molecule has 8 aliphatic rings. The van der Waals surface area contributed by atoms with Gasteiger partial charge in [-0.1, -0.05) is 13.3 Å². The first-order chi connectivity index (χ1) is 13.7. The summed E-state index contributed by atoms with van der Waals surface area (Å²) in [5.41, 5.74) is 0.613. The molecule has 0 amide bonds. The van der Waals surface area contributed by atoms with Gasteiger partial charge in [-0.25, -0.2) is 0 Å². The summed E-state index contributed by atoms with van der Waals surface area (Å²) >= 11 is 0. The van der Waals surface area contributed by atoms with Crippen molar-refractivity contribution in [1.29, 1.82) is 0 Å². The third-order valence-corrected chi connectivity index (χ3v) is 11.3. The minimum Gasteiger partial charge on any atom is -0.377 e. The molecule has 0 N–H and O–H groups in total. The van der Waals surface area contributed by atoms with Crippen LogP contribution in [-0.2, 0) is 14.2 Å². The normalized spacial score (nSPS) is 68.2. The summed E-state index contributed by atoms with van der Waals surface area (Å²) in [7, 11) is 0. The van der Waals surface area contributed by atoms with Crippen molar-refractivity contribution >= 4 is 0 Å². The van der Waals surface area contributed by atoms with E-state index in [4.69, 9.17) is 14.2 Å². The second kappa shape index (κ2) is 5.19. The van der Waals surface area contributed by atoms with Crippen molar-refractivity contribution in [3.63, 3.8) is 0 Å². The molecule has 0 aromatic heterocycles. The molecule has 3 nitrogen and oxygen atoms in total. The summed E-state index contributed by atoms with van der Waals surface area (Å²) in [5, 5.41) is 0. The van der Waals surface area contributed by atoms with Crippen molar-refractivity contribution < 1.29 is 14.2 Å². The van der Waals surface area contributed by atoms with Gasteiger partial charge in [0, 0.05) is 11.8 Å². The average Bonchev–Trinajstić information content (AvgIpc) is 3.04. The second-order valence-electron chi connectivity index (χ2n) is 12.4. The van der Waals surface area contributed by atoms with Gasteiger partial charge in [-0.05, 0) is 93.3 Å². The molecular weight excluding hydrogens is 348 g/mol. The second-order valence-corrected chi connectivity index (χ2v) is 12.4. The summed E-state index contributed by atoms with van der Waals surface area (Å²) < 4.78 is 19.4. The zero-order valence-electron chi connectivity index (χ0n) is 17.4. The third-order valence-electron chi connectivity index (χ3n) is 11.3. The van der Waals surface area contributed by atoms with Gasteiger partial charge in [0.15, 0.2) is 0 Å². The van der Waals surface area contributed by atoms with Gasteiger partial charge in [-0.3, -0.25) is 0 Å². The van der Waals surface area contributed by atoms with Crippen molar-refractivity contribution in [2.45, 2.75) is 101 Å². The molecule has 13 atom stereocenters. The van der Waals surface area contributed by atoms with E-state index < -0.39 is 0 Å². The van der Waals surface area contributed by atoms with Crippen LogP contribution in [0.25, 0.3) is 0 Å². The predicted octanol–water partition coefficient (Wildman–Crippen LogP) is 4.58. The Morgan fingerprint density at radius 1 is 0.893 bits per heavy atom. The zero-order chi connectivity index (χ0) is 18.3. The van der Waals surface area contributed by atoms with E-state index in [0.717, 1.165) is 54.0 Å². The fourth-order valence-corrected chi connectivity index (χ4v) is 10.5. The van der Waals surface area contributed by atoms with Crippen molar-refractivity contribution in [2.75, 3.05) is 6.61 Å². The highest BCUT2D eigenvalue weighted by Crippen LogP contribution is 2.76. The van der Waals surface area contributed by atoms with Crippen LogP contribution < -0.4 is 0 Å². The van der Waals surface area contributed by atoms with Crippen LogP contribution in [0.5, 0.6) is 0 Å². The van der Waals surface area contributed by atoms with E-state index in [2.05, 4.69) is 6.92 Å². The minimum absolute atomic E-state index is 0.305.